The van der Waals surface area contributed by atoms with E-state index in [1.54, 1.807) is 18.4 Å². The van der Waals surface area contributed by atoms with Gasteiger partial charge in [0.15, 0.2) is 0 Å². The van der Waals surface area contributed by atoms with Crippen molar-refractivity contribution in [2.24, 2.45) is 5.10 Å². The lowest BCUT2D eigenvalue weighted by Crippen LogP contribution is -2.41. The van der Waals surface area contributed by atoms with E-state index in [0.29, 0.717) is 18.6 Å². The number of carbonyl (C=O) groups excluding carboxylic acids is 3. The molecule has 0 aliphatic carbocycles. The Morgan fingerprint density at radius 1 is 1.08 bits per heavy atom. The van der Waals surface area contributed by atoms with Crippen molar-refractivity contribution in [3.8, 4) is 0 Å². The molecule has 2 N–H and O–H groups in total. The zero-order valence-corrected chi connectivity index (χ0v) is 20.2. The third-order valence-electron chi connectivity index (χ3n) is 6.92. The minimum absolute atomic E-state index is 0.327. The second-order valence-electron chi connectivity index (χ2n) is 9.38. The Balaban J connectivity index is 1.21. The first kappa shape index (κ1) is 22.8. The first-order valence-electron chi connectivity index (χ1n) is 12.1. The number of rotatable bonds is 6. The largest absolute Gasteiger partial charge is 0.467 e. The molecule has 0 saturated carbocycles. The summed E-state index contributed by atoms with van der Waals surface area (Å²) >= 11 is 0. The van der Waals surface area contributed by atoms with Gasteiger partial charge in [-0.2, -0.15) is 5.10 Å². The molecule has 1 fully saturated rings. The van der Waals surface area contributed by atoms with Crippen LogP contribution in [0.25, 0.3) is 10.9 Å². The predicted molar refractivity (Wildman–Crippen MR) is 137 cm³/mol. The molecular weight excluding hydrogens is 470 g/mol. The highest BCUT2D eigenvalue weighted by atomic mass is 16.3. The van der Waals surface area contributed by atoms with Gasteiger partial charge in [0.1, 0.15) is 24.4 Å². The number of H-pyrrole nitrogens is 1. The highest BCUT2D eigenvalue weighted by molar-refractivity contribution is 6.07. The van der Waals surface area contributed by atoms with E-state index < -0.39 is 36.5 Å². The second-order valence-corrected chi connectivity index (χ2v) is 9.38. The number of amides is 4. The van der Waals surface area contributed by atoms with Crippen LogP contribution in [-0.4, -0.2) is 51.0 Å². The summed E-state index contributed by atoms with van der Waals surface area (Å²) in [4.78, 5) is 43.5. The number of aromatic nitrogens is 1. The van der Waals surface area contributed by atoms with Crippen molar-refractivity contribution < 1.29 is 18.8 Å². The molecule has 2 aliphatic heterocycles. The topological polar surface area (TPSA) is 111 Å². The lowest BCUT2D eigenvalue weighted by molar-refractivity contribution is -0.138. The number of aryl methyl sites for hydroxylation is 1. The molecule has 9 nitrogen and oxygen atoms in total. The lowest BCUT2D eigenvalue weighted by atomic mass is 10.0. The fourth-order valence-corrected chi connectivity index (χ4v) is 4.96. The number of hydrazone groups is 1. The average Bonchev–Trinajstić information content (AvgIpc) is 3.69. The molecule has 2 aliphatic rings. The van der Waals surface area contributed by atoms with E-state index in [2.05, 4.69) is 15.4 Å². The number of furan rings is 1. The molecule has 186 valence electrons. The molecule has 4 aromatic rings. The van der Waals surface area contributed by atoms with Crippen molar-refractivity contribution in [1.82, 2.24) is 20.2 Å². The van der Waals surface area contributed by atoms with Crippen molar-refractivity contribution in [3.05, 3.63) is 95.6 Å². The maximum atomic E-state index is 13.4. The summed E-state index contributed by atoms with van der Waals surface area (Å²) in [6.07, 6.45) is 4.19. The maximum Gasteiger partial charge on any atom is 0.325 e. The predicted octanol–water partition coefficient (Wildman–Crippen LogP) is 3.91. The van der Waals surface area contributed by atoms with Crippen LogP contribution >= 0.6 is 0 Å². The Hall–Kier alpha value is -4.66. The Labute approximate surface area is 212 Å². The van der Waals surface area contributed by atoms with Crippen LogP contribution in [0.15, 0.2) is 82.6 Å². The first-order chi connectivity index (χ1) is 18.0. The molecule has 2 aromatic heterocycles. The fourth-order valence-electron chi connectivity index (χ4n) is 4.96. The Kier molecular flexibility index (Phi) is 5.60. The fraction of sp³-hybridized carbons (Fsp3) is 0.214. The normalized spacial score (nSPS) is 19.5. The monoisotopic (exact) mass is 495 g/mol. The van der Waals surface area contributed by atoms with Gasteiger partial charge in [-0.1, -0.05) is 48.0 Å². The molecule has 0 unspecified atom stereocenters. The summed E-state index contributed by atoms with van der Waals surface area (Å²) in [5.41, 5.74) is 4.66. The van der Waals surface area contributed by atoms with Gasteiger partial charge in [-0.15, -0.1) is 0 Å². The summed E-state index contributed by atoms with van der Waals surface area (Å²) in [5, 5.41) is 9.66. The summed E-state index contributed by atoms with van der Waals surface area (Å²) < 4.78 is 5.59. The minimum Gasteiger partial charge on any atom is -0.467 e. The van der Waals surface area contributed by atoms with Crippen LogP contribution in [-0.2, 0) is 16.0 Å². The van der Waals surface area contributed by atoms with Gasteiger partial charge in [0.2, 0.25) is 0 Å². The highest BCUT2D eigenvalue weighted by Crippen LogP contribution is 2.33. The number of para-hydroxylation sites is 1. The van der Waals surface area contributed by atoms with Gasteiger partial charge in [-0.3, -0.25) is 14.5 Å². The standard InChI is InChI=1S/C28H25N5O4/c1-17-8-10-18(11-9-17)22-14-24(25-7-4-12-37-25)33(31-22)26(34)16-32-27(35)23(30-28(32)36)13-19-15-29-21-6-3-2-5-20(19)21/h2-12,15,23-24,29H,13-14,16H2,1H3,(H,30,36)/t23-,24+/m1/s1. The molecule has 9 heteroatoms. The molecule has 0 bridgehead atoms. The summed E-state index contributed by atoms with van der Waals surface area (Å²) in [6, 6.07) is 17.5. The minimum atomic E-state index is -0.745. The van der Waals surface area contributed by atoms with Crippen LogP contribution in [0, 0.1) is 6.92 Å². The zero-order chi connectivity index (χ0) is 25.5. The number of nitrogens with one attached hydrogen (secondary N) is 2. The molecule has 0 spiro atoms. The Morgan fingerprint density at radius 2 is 1.89 bits per heavy atom. The van der Waals surface area contributed by atoms with Crippen LogP contribution in [0.3, 0.4) is 0 Å². The third-order valence-corrected chi connectivity index (χ3v) is 6.92. The number of aromatic amines is 1. The number of benzene rings is 2. The summed E-state index contributed by atoms with van der Waals surface area (Å²) in [7, 11) is 0. The number of fused-ring (bicyclic) bond motifs is 1. The van der Waals surface area contributed by atoms with Crippen molar-refractivity contribution in [3.63, 3.8) is 0 Å². The summed E-state index contributed by atoms with van der Waals surface area (Å²) in [5.74, 6) is -0.298. The number of urea groups is 1. The number of nitrogens with zero attached hydrogens (tertiary/aromatic N) is 3. The quantitative estimate of drug-likeness (QED) is 0.395. The molecule has 4 heterocycles. The molecule has 6 rings (SSSR count). The van der Waals surface area contributed by atoms with E-state index in [1.165, 1.54) is 5.01 Å². The van der Waals surface area contributed by atoms with E-state index in [-0.39, 0.29) is 0 Å². The van der Waals surface area contributed by atoms with Crippen LogP contribution < -0.4 is 5.32 Å². The molecule has 1 saturated heterocycles. The molecule has 4 amide bonds. The highest BCUT2D eigenvalue weighted by Gasteiger charge is 2.42. The van der Waals surface area contributed by atoms with E-state index in [4.69, 9.17) is 4.42 Å². The van der Waals surface area contributed by atoms with Crippen LogP contribution in [0.5, 0.6) is 0 Å². The van der Waals surface area contributed by atoms with Crippen molar-refractivity contribution in [2.75, 3.05) is 6.54 Å². The zero-order valence-electron chi connectivity index (χ0n) is 20.2. The molecule has 0 radical (unpaired) electrons. The van der Waals surface area contributed by atoms with E-state index in [9.17, 15) is 14.4 Å². The number of carbonyl (C=O) groups is 3. The second kappa shape index (κ2) is 9.09. The number of hydrogen-bond acceptors (Lipinski definition) is 5. The SMILES string of the molecule is Cc1ccc(C2=NN(C(=O)CN3C(=O)N[C@H](Cc4c[nH]c5ccccc45)C3=O)[C@H](c3ccco3)C2)cc1. The molecular formula is C28H25N5O4. The van der Waals surface area contributed by atoms with Crippen LogP contribution in [0.4, 0.5) is 4.79 Å². The van der Waals surface area contributed by atoms with Crippen molar-refractivity contribution >= 4 is 34.5 Å². The maximum absolute atomic E-state index is 13.4. The Morgan fingerprint density at radius 3 is 2.68 bits per heavy atom. The van der Waals surface area contributed by atoms with Gasteiger partial charge in [0.05, 0.1) is 12.0 Å². The van der Waals surface area contributed by atoms with Gasteiger partial charge < -0.3 is 14.7 Å². The van der Waals surface area contributed by atoms with Gasteiger partial charge in [-0.25, -0.2) is 9.80 Å². The lowest BCUT2D eigenvalue weighted by Gasteiger charge is -2.22. The van der Waals surface area contributed by atoms with Gasteiger partial charge in [0.25, 0.3) is 11.8 Å². The van der Waals surface area contributed by atoms with E-state index >= 15 is 0 Å². The number of imide groups is 1. The number of hydrogen-bond donors (Lipinski definition) is 2. The average molecular weight is 496 g/mol. The molecule has 2 aromatic carbocycles. The third kappa shape index (κ3) is 4.18. The first-order valence-corrected chi connectivity index (χ1v) is 12.1. The van der Waals surface area contributed by atoms with Crippen molar-refractivity contribution in [2.45, 2.75) is 31.8 Å². The summed E-state index contributed by atoms with van der Waals surface area (Å²) in [6.45, 7) is 1.60. The molecule has 2 atom stereocenters. The molecule has 37 heavy (non-hydrogen) atoms. The smallest absolute Gasteiger partial charge is 0.325 e. The van der Waals surface area contributed by atoms with Crippen molar-refractivity contribution in [1.29, 1.82) is 0 Å². The van der Waals surface area contributed by atoms with Gasteiger partial charge in [-0.05, 0) is 36.2 Å². The van der Waals surface area contributed by atoms with Gasteiger partial charge >= 0.3 is 6.03 Å². The van der Waals surface area contributed by atoms with Gasteiger partial charge in [0, 0.05) is 29.9 Å². The Bertz CT molecular complexity index is 1520. The van der Waals surface area contributed by atoms with Crippen LogP contribution in [0.1, 0.15) is 34.9 Å². The van der Waals surface area contributed by atoms with E-state index in [1.807, 2.05) is 61.7 Å². The van der Waals surface area contributed by atoms with Crippen LogP contribution in [0.2, 0.25) is 0 Å². The van der Waals surface area contributed by atoms with E-state index in [0.717, 1.165) is 38.2 Å².